The van der Waals surface area contributed by atoms with Crippen molar-refractivity contribution in [3.63, 3.8) is 0 Å². The number of likely N-dealkylation sites (tertiary alicyclic amines) is 1. The second kappa shape index (κ2) is 7.63. The van der Waals surface area contributed by atoms with E-state index in [4.69, 9.17) is 9.47 Å². The zero-order valence-electron chi connectivity index (χ0n) is 14.4. The number of rotatable bonds is 4. The Morgan fingerprint density at radius 2 is 1.92 bits per heavy atom. The zero-order valence-corrected chi connectivity index (χ0v) is 14.4. The van der Waals surface area contributed by atoms with Gasteiger partial charge in [-0.05, 0) is 6.07 Å². The Morgan fingerprint density at radius 3 is 2.72 bits per heavy atom. The van der Waals surface area contributed by atoms with Gasteiger partial charge in [0.15, 0.2) is 0 Å². The highest BCUT2D eigenvalue weighted by atomic mass is 16.5. The van der Waals surface area contributed by atoms with Crippen LogP contribution in [0.2, 0.25) is 0 Å². The maximum atomic E-state index is 12.6. The van der Waals surface area contributed by atoms with Gasteiger partial charge in [0.1, 0.15) is 0 Å². The van der Waals surface area contributed by atoms with E-state index in [9.17, 15) is 4.79 Å². The molecule has 25 heavy (non-hydrogen) atoms. The molecular formula is C17H25N5O3. The molecule has 0 aliphatic carbocycles. The van der Waals surface area contributed by atoms with Crippen molar-refractivity contribution >= 4 is 11.9 Å². The van der Waals surface area contributed by atoms with Crippen LogP contribution in [0.3, 0.4) is 0 Å². The van der Waals surface area contributed by atoms with Crippen LogP contribution >= 0.6 is 0 Å². The highest BCUT2D eigenvalue weighted by Gasteiger charge is 2.42. The maximum absolute atomic E-state index is 12.6. The van der Waals surface area contributed by atoms with Gasteiger partial charge in [0, 0.05) is 58.1 Å². The smallest absolute Gasteiger partial charge is 0.225 e. The molecule has 0 spiro atoms. The van der Waals surface area contributed by atoms with Crippen molar-refractivity contribution < 1.29 is 14.3 Å². The number of carbonyl (C=O) groups is 1. The van der Waals surface area contributed by atoms with Gasteiger partial charge in [-0.2, -0.15) is 0 Å². The third kappa shape index (κ3) is 3.75. The molecule has 1 aromatic rings. The molecule has 3 saturated heterocycles. The fourth-order valence-electron chi connectivity index (χ4n) is 3.82. The van der Waals surface area contributed by atoms with Gasteiger partial charge in [-0.15, -0.1) is 0 Å². The molecule has 3 aliphatic heterocycles. The van der Waals surface area contributed by atoms with Crippen molar-refractivity contribution in [1.82, 2.24) is 19.8 Å². The maximum Gasteiger partial charge on any atom is 0.225 e. The Kier molecular flexibility index (Phi) is 5.09. The Labute approximate surface area is 147 Å². The normalized spacial score (nSPS) is 27.4. The van der Waals surface area contributed by atoms with Gasteiger partial charge >= 0.3 is 0 Å². The van der Waals surface area contributed by atoms with Crippen molar-refractivity contribution in [2.45, 2.75) is 18.6 Å². The monoisotopic (exact) mass is 347 g/mol. The molecular weight excluding hydrogens is 322 g/mol. The highest BCUT2D eigenvalue weighted by Crippen LogP contribution is 2.26. The number of nitrogens with zero attached hydrogens (tertiary/aromatic N) is 5. The Hall–Kier alpha value is -1.77. The largest absolute Gasteiger partial charge is 0.379 e. The summed E-state index contributed by atoms with van der Waals surface area (Å²) < 4.78 is 11.3. The molecule has 4 rings (SSSR count). The molecule has 1 aromatic heterocycles. The summed E-state index contributed by atoms with van der Waals surface area (Å²) in [6, 6.07) is 1.96. The van der Waals surface area contributed by atoms with Crippen LogP contribution in [-0.4, -0.2) is 96.9 Å². The lowest BCUT2D eigenvalue weighted by molar-refractivity contribution is -0.131. The average Bonchev–Trinajstić information content (AvgIpc) is 3.12. The molecule has 8 heteroatoms. The Morgan fingerprint density at radius 1 is 1.12 bits per heavy atom. The average molecular weight is 347 g/mol. The van der Waals surface area contributed by atoms with E-state index in [1.165, 1.54) is 0 Å². The number of hydrogen-bond donors (Lipinski definition) is 0. The van der Waals surface area contributed by atoms with E-state index in [1.54, 1.807) is 12.4 Å². The standard InChI is InChI=1S/C17H25N5O3/c23-16(2-5-20-6-9-24-10-7-20)21-12-14-15(13-21)25-11-8-22(14)17-18-3-1-4-19-17/h1,3-4,14-15H,2,5-13H2/t14-,15-/m0/s1. The number of amides is 1. The first kappa shape index (κ1) is 16.7. The van der Waals surface area contributed by atoms with E-state index in [-0.39, 0.29) is 18.1 Å². The van der Waals surface area contributed by atoms with Crippen LogP contribution in [0.4, 0.5) is 5.95 Å². The SMILES string of the molecule is O=C(CCN1CCOCC1)N1C[C@@H]2OCCN(c3ncccn3)[C@H]2C1. The van der Waals surface area contributed by atoms with E-state index in [1.807, 2.05) is 11.0 Å². The molecule has 2 atom stereocenters. The fourth-order valence-corrected chi connectivity index (χ4v) is 3.82. The molecule has 0 saturated carbocycles. The van der Waals surface area contributed by atoms with Crippen LogP contribution in [0.5, 0.6) is 0 Å². The topological polar surface area (TPSA) is 71.0 Å². The summed E-state index contributed by atoms with van der Waals surface area (Å²) >= 11 is 0. The first-order valence-corrected chi connectivity index (χ1v) is 9.04. The molecule has 1 amide bonds. The molecule has 3 aliphatic rings. The third-order valence-corrected chi connectivity index (χ3v) is 5.21. The van der Waals surface area contributed by atoms with Crippen molar-refractivity contribution in [1.29, 1.82) is 0 Å². The summed E-state index contributed by atoms with van der Waals surface area (Å²) in [5.41, 5.74) is 0. The number of fused-ring (bicyclic) bond motifs is 1. The van der Waals surface area contributed by atoms with Crippen LogP contribution in [0.1, 0.15) is 6.42 Å². The molecule has 4 heterocycles. The summed E-state index contributed by atoms with van der Waals surface area (Å²) in [5.74, 6) is 0.932. The lowest BCUT2D eigenvalue weighted by atomic mass is 10.1. The van der Waals surface area contributed by atoms with E-state index < -0.39 is 0 Å². The van der Waals surface area contributed by atoms with Crippen molar-refractivity contribution in [3.05, 3.63) is 18.5 Å². The van der Waals surface area contributed by atoms with Gasteiger partial charge < -0.3 is 19.3 Å². The summed E-state index contributed by atoms with van der Waals surface area (Å²) in [4.78, 5) is 27.8. The summed E-state index contributed by atoms with van der Waals surface area (Å²) in [5, 5.41) is 0. The molecule has 8 nitrogen and oxygen atoms in total. The highest BCUT2D eigenvalue weighted by molar-refractivity contribution is 5.77. The first-order chi connectivity index (χ1) is 12.3. The van der Waals surface area contributed by atoms with Crippen LogP contribution < -0.4 is 4.90 Å². The van der Waals surface area contributed by atoms with E-state index in [0.717, 1.165) is 45.3 Å². The van der Waals surface area contributed by atoms with Crippen LogP contribution in [-0.2, 0) is 14.3 Å². The number of hydrogen-bond acceptors (Lipinski definition) is 7. The van der Waals surface area contributed by atoms with Gasteiger partial charge in [-0.1, -0.05) is 0 Å². The number of aromatic nitrogens is 2. The van der Waals surface area contributed by atoms with Crippen LogP contribution in [0.25, 0.3) is 0 Å². The minimum atomic E-state index is 0.0462. The molecule has 0 unspecified atom stereocenters. The van der Waals surface area contributed by atoms with E-state index in [2.05, 4.69) is 19.8 Å². The third-order valence-electron chi connectivity index (χ3n) is 5.21. The number of ether oxygens (including phenoxy) is 2. The van der Waals surface area contributed by atoms with Crippen LogP contribution in [0, 0.1) is 0 Å². The van der Waals surface area contributed by atoms with E-state index in [0.29, 0.717) is 26.1 Å². The van der Waals surface area contributed by atoms with E-state index >= 15 is 0 Å². The first-order valence-electron chi connectivity index (χ1n) is 9.04. The van der Waals surface area contributed by atoms with Gasteiger partial charge in [0.2, 0.25) is 11.9 Å². The molecule has 0 radical (unpaired) electrons. The molecule has 0 N–H and O–H groups in total. The predicted octanol–water partition coefficient (Wildman–Crippen LogP) is -0.385. The number of anilines is 1. The zero-order chi connectivity index (χ0) is 17.1. The predicted molar refractivity (Wildman–Crippen MR) is 91.4 cm³/mol. The quantitative estimate of drug-likeness (QED) is 0.735. The summed E-state index contributed by atoms with van der Waals surface area (Å²) in [6.45, 7) is 6.93. The minimum Gasteiger partial charge on any atom is -0.379 e. The van der Waals surface area contributed by atoms with Crippen LogP contribution in [0.15, 0.2) is 18.5 Å². The second-order valence-corrected chi connectivity index (χ2v) is 6.72. The van der Waals surface area contributed by atoms with Crippen molar-refractivity contribution in [2.24, 2.45) is 0 Å². The number of morpholine rings is 2. The van der Waals surface area contributed by atoms with Gasteiger partial charge in [-0.3, -0.25) is 9.69 Å². The van der Waals surface area contributed by atoms with Gasteiger partial charge in [0.25, 0.3) is 0 Å². The lowest BCUT2D eigenvalue weighted by Crippen LogP contribution is -2.51. The molecule has 3 fully saturated rings. The molecule has 136 valence electrons. The summed E-state index contributed by atoms with van der Waals surface area (Å²) in [7, 11) is 0. The fraction of sp³-hybridized carbons (Fsp3) is 0.706. The minimum absolute atomic E-state index is 0.0462. The van der Waals surface area contributed by atoms with Gasteiger partial charge in [0.05, 0.1) is 32.0 Å². The number of carbonyl (C=O) groups excluding carboxylic acids is 1. The van der Waals surface area contributed by atoms with Crippen molar-refractivity contribution in [3.8, 4) is 0 Å². The summed E-state index contributed by atoms with van der Waals surface area (Å²) in [6.07, 6.45) is 4.12. The van der Waals surface area contributed by atoms with Gasteiger partial charge in [-0.25, -0.2) is 9.97 Å². The second-order valence-electron chi connectivity index (χ2n) is 6.72. The lowest BCUT2D eigenvalue weighted by Gasteiger charge is -2.36. The Balaban J connectivity index is 1.35. The molecule has 0 aromatic carbocycles. The molecule has 0 bridgehead atoms. The Bertz CT molecular complexity index is 581. The van der Waals surface area contributed by atoms with Crippen molar-refractivity contribution in [2.75, 3.05) is 64.0 Å².